The number of rotatable bonds is 5. The molecule has 1 aromatic carbocycles. The van der Waals surface area contributed by atoms with Crippen LogP contribution in [0.3, 0.4) is 0 Å². The van der Waals surface area contributed by atoms with E-state index in [1.165, 1.54) is 7.11 Å². The summed E-state index contributed by atoms with van der Waals surface area (Å²) in [5.41, 5.74) is 0.392. The molecule has 1 saturated heterocycles. The molecule has 110 valence electrons. The van der Waals surface area contributed by atoms with E-state index in [1.807, 2.05) is 30.3 Å². The summed E-state index contributed by atoms with van der Waals surface area (Å²) in [4.78, 5) is 14.9. The van der Waals surface area contributed by atoms with Crippen molar-refractivity contribution in [1.82, 2.24) is 10.2 Å². The number of carbonyl (C=O) groups excluding carboxylic acids is 1. The average Bonchev–Trinajstić information content (AvgIpc) is 2.53. The number of hydrogen-bond acceptors (Lipinski definition) is 4. The fourth-order valence-corrected chi connectivity index (χ4v) is 3.13. The summed E-state index contributed by atoms with van der Waals surface area (Å²) in [6.45, 7) is 5.67. The highest BCUT2D eigenvalue weighted by Gasteiger charge is 2.46. The zero-order valence-corrected chi connectivity index (χ0v) is 12.4. The summed E-state index contributed by atoms with van der Waals surface area (Å²) in [7, 11) is 1.48. The molecule has 1 aliphatic heterocycles. The fraction of sp³-hybridized carbons (Fsp3) is 0.562. The molecule has 4 nitrogen and oxygen atoms in total. The van der Waals surface area contributed by atoms with Crippen molar-refractivity contribution in [3.63, 3.8) is 0 Å². The number of hydrogen-bond donors (Lipinski definition) is 1. The molecule has 0 aliphatic carbocycles. The Morgan fingerprint density at radius 1 is 1.30 bits per heavy atom. The van der Waals surface area contributed by atoms with Gasteiger partial charge in [-0.25, -0.2) is 4.79 Å². The normalized spacial score (nSPS) is 19.3. The van der Waals surface area contributed by atoms with Crippen LogP contribution in [0.1, 0.15) is 25.3 Å². The second-order valence-electron chi connectivity index (χ2n) is 5.20. The highest BCUT2D eigenvalue weighted by molar-refractivity contribution is 5.82. The monoisotopic (exact) mass is 276 g/mol. The van der Waals surface area contributed by atoms with E-state index in [0.717, 1.165) is 44.6 Å². The van der Waals surface area contributed by atoms with Gasteiger partial charge < -0.3 is 10.1 Å². The molecule has 1 atom stereocenters. The molecule has 0 radical (unpaired) electrons. The number of nitrogens with one attached hydrogen (secondary N) is 1. The number of methoxy groups -OCH3 is 1. The highest BCUT2D eigenvalue weighted by Crippen LogP contribution is 2.35. The molecule has 1 aromatic rings. The molecule has 0 saturated carbocycles. The van der Waals surface area contributed by atoms with Crippen molar-refractivity contribution in [2.75, 3.05) is 33.3 Å². The summed E-state index contributed by atoms with van der Waals surface area (Å²) in [6.07, 6.45) is 1.72. The van der Waals surface area contributed by atoms with E-state index in [1.54, 1.807) is 0 Å². The van der Waals surface area contributed by atoms with Crippen molar-refractivity contribution in [3.8, 4) is 0 Å². The third kappa shape index (κ3) is 2.72. The third-order valence-corrected chi connectivity index (χ3v) is 4.04. The van der Waals surface area contributed by atoms with Gasteiger partial charge in [0.1, 0.15) is 5.54 Å². The van der Waals surface area contributed by atoms with Crippen LogP contribution in [-0.4, -0.2) is 44.2 Å². The van der Waals surface area contributed by atoms with Crippen molar-refractivity contribution in [1.29, 1.82) is 0 Å². The maximum Gasteiger partial charge on any atom is 0.330 e. The van der Waals surface area contributed by atoms with Crippen molar-refractivity contribution >= 4 is 5.97 Å². The Labute approximate surface area is 121 Å². The van der Waals surface area contributed by atoms with Crippen molar-refractivity contribution in [3.05, 3.63) is 35.9 Å². The summed E-state index contributed by atoms with van der Waals surface area (Å²) in [5, 5.41) is 3.34. The quantitative estimate of drug-likeness (QED) is 0.832. The van der Waals surface area contributed by atoms with Crippen LogP contribution < -0.4 is 5.32 Å². The van der Waals surface area contributed by atoms with E-state index < -0.39 is 5.54 Å². The third-order valence-electron chi connectivity index (χ3n) is 4.04. The molecular weight excluding hydrogens is 252 g/mol. The number of piperazine rings is 1. The van der Waals surface area contributed by atoms with E-state index in [4.69, 9.17) is 4.74 Å². The predicted octanol–water partition coefficient (Wildman–Crippen LogP) is 1.76. The number of benzene rings is 1. The van der Waals surface area contributed by atoms with Gasteiger partial charge in [-0.2, -0.15) is 0 Å². The maximum absolute atomic E-state index is 12.6. The lowest BCUT2D eigenvalue weighted by Gasteiger charge is -2.44. The lowest BCUT2D eigenvalue weighted by Crippen LogP contribution is -2.58. The fourth-order valence-electron chi connectivity index (χ4n) is 3.13. The largest absolute Gasteiger partial charge is 0.467 e. The second kappa shape index (κ2) is 6.86. The minimum Gasteiger partial charge on any atom is -0.467 e. The minimum atomic E-state index is -0.646. The van der Waals surface area contributed by atoms with Crippen molar-refractivity contribution < 1.29 is 9.53 Å². The summed E-state index contributed by atoms with van der Waals surface area (Å²) >= 11 is 0. The smallest absolute Gasteiger partial charge is 0.330 e. The van der Waals surface area contributed by atoms with Crippen LogP contribution in [0.4, 0.5) is 0 Å². The molecule has 1 unspecified atom stereocenters. The molecule has 20 heavy (non-hydrogen) atoms. The lowest BCUT2D eigenvalue weighted by molar-refractivity contribution is -0.158. The number of nitrogens with zero attached hydrogens (tertiary/aromatic N) is 1. The molecule has 2 rings (SSSR count). The van der Waals surface area contributed by atoms with E-state index in [9.17, 15) is 4.79 Å². The Kier molecular flexibility index (Phi) is 5.15. The minimum absolute atomic E-state index is 0.146. The van der Waals surface area contributed by atoms with E-state index in [0.29, 0.717) is 0 Å². The van der Waals surface area contributed by atoms with Crippen LogP contribution in [0.25, 0.3) is 0 Å². The van der Waals surface area contributed by atoms with Crippen LogP contribution in [0.15, 0.2) is 30.3 Å². The van der Waals surface area contributed by atoms with Gasteiger partial charge in [-0.05, 0) is 12.0 Å². The zero-order chi connectivity index (χ0) is 14.4. The van der Waals surface area contributed by atoms with Gasteiger partial charge in [-0.15, -0.1) is 0 Å². The van der Waals surface area contributed by atoms with Crippen LogP contribution >= 0.6 is 0 Å². The van der Waals surface area contributed by atoms with Crippen LogP contribution in [0.5, 0.6) is 0 Å². The topological polar surface area (TPSA) is 41.6 Å². The highest BCUT2D eigenvalue weighted by atomic mass is 16.5. The van der Waals surface area contributed by atoms with Crippen LogP contribution in [-0.2, 0) is 15.1 Å². The molecule has 0 spiro atoms. The van der Waals surface area contributed by atoms with Gasteiger partial charge in [0, 0.05) is 26.2 Å². The summed E-state index contributed by atoms with van der Waals surface area (Å²) in [6, 6.07) is 10.0. The molecule has 1 N–H and O–H groups in total. The average molecular weight is 276 g/mol. The molecule has 1 fully saturated rings. The Balaban J connectivity index is 2.46. The van der Waals surface area contributed by atoms with Gasteiger partial charge >= 0.3 is 5.97 Å². The first-order valence-electron chi connectivity index (χ1n) is 7.35. The summed E-state index contributed by atoms with van der Waals surface area (Å²) in [5.74, 6) is -0.146. The van der Waals surface area contributed by atoms with Gasteiger partial charge in [-0.1, -0.05) is 43.7 Å². The first-order valence-corrected chi connectivity index (χ1v) is 7.35. The van der Waals surface area contributed by atoms with Gasteiger partial charge in [-0.3, -0.25) is 4.90 Å². The lowest BCUT2D eigenvalue weighted by atomic mass is 9.83. The number of carbonyl (C=O) groups is 1. The first kappa shape index (κ1) is 15.0. The van der Waals surface area contributed by atoms with Crippen LogP contribution in [0, 0.1) is 0 Å². The molecular formula is C16H24N2O2. The molecule has 1 aliphatic rings. The van der Waals surface area contributed by atoms with E-state index >= 15 is 0 Å². The molecule has 0 bridgehead atoms. The van der Waals surface area contributed by atoms with Crippen molar-refractivity contribution in [2.45, 2.75) is 25.3 Å². The Morgan fingerprint density at radius 3 is 2.50 bits per heavy atom. The Morgan fingerprint density at radius 2 is 1.95 bits per heavy atom. The zero-order valence-electron chi connectivity index (χ0n) is 12.4. The van der Waals surface area contributed by atoms with E-state index in [2.05, 4.69) is 17.1 Å². The van der Waals surface area contributed by atoms with Crippen molar-refractivity contribution in [2.24, 2.45) is 0 Å². The molecule has 0 amide bonds. The first-order chi connectivity index (χ1) is 9.75. The standard InChI is InChI=1S/C16H24N2O2/c1-3-9-16(15(19)20-2,14-7-5-4-6-8-14)18-12-10-17-11-13-18/h4-8,17H,3,9-13H2,1-2H3. The van der Waals surface area contributed by atoms with Gasteiger partial charge in [0.25, 0.3) is 0 Å². The van der Waals surface area contributed by atoms with Gasteiger partial charge in [0.15, 0.2) is 0 Å². The summed E-state index contributed by atoms with van der Waals surface area (Å²) < 4.78 is 5.17. The Hall–Kier alpha value is -1.39. The maximum atomic E-state index is 12.6. The van der Waals surface area contributed by atoms with Gasteiger partial charge in [0.2, 0.25) is 0 Å². The predicted molar refractivity (Wildman–Crippen MR) is 79.5 cm³/mol. The molecule has 0 aromatic heterocycles. The van der Waals surface area contributed by atoms with E-state index in [-0.39, 0.29) is 5.97 Å². The SMILES string of the molecule is CCCC(C(=O)OC)(c1ccccc1)N1CCNCC1. The van der Waals surface area contributed by atoms with Crippen LogP contribution in [0.2, 0.25) is 0 Å². The number of esters is 1. The Bertz CT molecular complexity index is 429. The molecule has 1 heterocycles. The number of ether oxygens (including phenoxy) is 1. The second-order valence-corrected chi connectivity index (χ2v) is 5.20. The molecule has 4 heteroatoms. The van der Waals surface area contributed by atoms with Gasteiger partial charge in [0.05, 0.1) is 7.11 Å².